The van der Waals surface area contributed by atoms with E-state index in [2.05, 4.69) is 5.32 Å². The first-order valence-corrected chi connectivity index (χ1v) is 9.70. The van der Waals surface area contributed by atoms with Crippen LogP contribution in [0.2, 0.25) is 0 Å². The molecule has 0 aliphatic heterocycles. The number of nitrogens with one attached hydrogen (secondary N) is 1. The number of carbonyl (C=O) groups is 1. The molecule has 1 atom stereocenters. The van der Waals surface area contributed by atoms with Crippen LogP contribution in [-0.4, -0.2) is 32.7 Å². The molecule has 0 spiro atoms. The van der Waals surface area contributed by atoms with Crippen molar-refractivity contribution in [1.82, 2.24) is 9.62 Å². The molecule has 1 unspecified atom stereocenters. The minimum absolute atomic E-state index is 0.119. The molecule has 26 heavy (non-hydrogen) atoms. The van der Waals surface area contributed by atoms with Gasteiger partial charge in [-0.1, -0.05) is 24.3 Å². The summed E-state index contributed by atoms with van der Waals surface area (Å²) in [7, 11) is -0.483. The maximum absolute atomic E-state index is 12.9. The van der Waals surface area contributed by atoms with Crippen LogP contribution in [0, 0.1) is 5.82 Å². The summed E-state index contributed by atoms with van der Waals surface area (Å²) in [5.41, 5.74) is 1.71. The Balaban J connectivity index is 1.90. The minimum atomic E-state index is -3.45. The Bertz CT molecular complexity index is 847. The van der Waals surface area contributed by atoms with Gasteiger partial charge in [-0.3, -0.25) is 4.79 Å². The van der Waals surface area contributed by atoms with Crippen molar-refractivity contribution in [3.63, 3.8) is 0 Å². The van der Waals surface area contributed by atoms with Crippen LogP contribution in [0.25, 0.3) is 0 Å². The average molecular weight is 378 g/mol. The van der Waals surface area contributed by atoms with Crippen molar-refractivity contribution in [2.24, 2.45) is 0 Å². The molecule has 0 saturated carbocycles. The van der Waals surface area contributed by atoms with E-state index in [9.17, 15) is 17.6 Å². The monoisotopic (exact) mass is 378 g/mol. The Kier molecular flexibility index (Phi) is 6.50. The van der Waals surface area contributed by atoms with Gasteiger partial charge in [0.15, 0.2) is 0 Å². The van der Waals surface area contributed by atoms with Gasteiger partial charge in [0.2, 0.25) is 15.9 Å². The second kappa shape index (κ2) is 8.42. The zero-order chi connectivity index (χ0) is 19.3. The number of amides is 1. The molecule has 0 aliphatic rings. The van der Waals surface area contributed by atoms with E-state index < -0.39 is 10.0 Å². The number of nitrogens with zero attached hydrogens (tertiary/aromatic N) is 1. The summed E-state index contributed by atoms with van der Waals surface area (Å²) in [6.07, 6.45) is 0.787. The Morgan fingerprint density at radius 1 is 1.08 bits per heavy atom. The van der Waals surface area contributed by atoms with Crippen molar-refractivity contribution in [3.05, 3.63) is 65.5 Å². The Morgan fingerprint density at radius 2 is 1.65 bits per heavy atom. The fourth-order valence-corrected chi connectivity index (χ4v) is 3.35. The average Bonchev–Trinajstić information content (AvgIpc) is 2.60. The Hall–Kier alpha value is -2.25. The summed E-state index contributed by atoms with van der Waals surface area (Å²) in [6.45, 7) is 1.84. The summed E-state index contributed by atoms with van der Waals surface area (Å²) in [4.78, 5) is 12.3. The molecule has 0 saturated heterocycles. The Morgan fingerprint density at radius 3 is 2.19 bits per heavy atom. The normalized spacial score (nSPS) is 12.8. The lowest BCUT2D eigenvalue weighted by Crippen LogP contribution is -2.26. The summed E-state index contributed by atoms with van der Waals surface area (Å²) in [6, 6.07) is 12.3. The second-order valence-electron chi connectivity index (χ2n) is 6.27. The van der Waals surface area contributed by atoms with Gasteiger partial charge < -0.3 is 5.32 Å². The van der Waals surface area contributed by atoms with Gasteiger partial charge in [-0.2, -0.15) is 0 Å². The molecule has 7 heteroatoms. The lowest BCUT2D eigenvalue weighted by Gasteiger charge is -2.14. The number of hydrogen-bond donors (Lipinski definition) is 1. The smallest absolute Gasteiger partial charge is 0.242 e. The number of rotatable bonds is 7. The molecule has 0 radical (unpaired) electrons. The Labute approximate surface area is 153 Å². The second-order valence-corrected chi connectivity index (χ2v) is 8.42. The highest BCUT2D eigenvalue weighted by molar-refractivity contribution is 7.89. The van der Waals surface area contributed by atoms with Crippen LogP contribution < -0.4 is 5.32 Å². The SMILES string of the molecule is CC(NC(=O)CCc1ccc(S(=O)(=O)N(C)C)cc1)c1ccc(F)cc1. The van der Waals surface area contributed by atoms with Crippen molar-refractivity contribution < 1.29 is 17.6 Å². The summed E-state index contributed by atoms with van der Waals surface area (Å²) in [5, 5.41) is 2.87. The maximum Gasteiger partial charge on any atom is 0.242 e. The van der Waals surface area contributed by atoms with Crippen LogP contribution in [0.3, 0.4) is 0 Å². The zero-order valence-corrected chi connectivity index (χ0v) is 15.9. The third-order valence-corrected chi connectivity index (χ3v) is 5.92. The predicted octanol–water partition coefficient (Wildman–Crippen LogP) is 2.89. The molecule has 0 aromatic heterocycles. The molecule has 0 bridgehead atoms. The van der Waals surface area contributed by atoms with Crippen molar-refractivity contribution >= 4 is 15.9 Å². The van der Waals surface area contributed by atoms with E-state index in [0.717, 1.165) is 15.4 Å². The van der Waals surface area contributed by atoms with Gasteiger partial charge >= 0.3 is 0 Å². The predicted molar refractivity (Wildman–Crippen MR) is 98.6 cm³/mol. The van der Waals surface area contributed by atoms with Crippen molar-refractivity contribution in [3.8, 4) is 0 Å². The van der Waals surface area contributed by atoms with Crippen LogP contribution in [-0.2, 0) is 21.2 Å². The van der Waals surface area contributed by atoms with E-state index in [1.54, 1.807) is 36.4 Å². The molecule has 5 nitrogen and oxygen atoms in total. The van der Waals surface area contributed by atoms with Crippen molar-refractivity contribution in [2.75, 3.05) is 14.1 Å². The summed E-state index contributed by atoms with van der Waals surface area (Å²) in [5.74, 6) is -0.432. The van der Waals surface area contributed by atoms with Crippen LogP contribution in [0.15, 0.2) is 53.4 Å². The molecule has 0 heterocycles. The highest BCUT2D eigenvalue weighted by Gasteiger charge is 2.16. The first-order chi connectivity index (χ1) is 12.2. The highest BCUT2D eigenvalue weighted by Crippen LogP contribution is 2.16. The molecule has 1 amide bonds. The topological polar surface area (TPSA) is 66.5 Å². The largest absolute Gasteiger partial charge is 0.350 e. The molecule has 140 valence electrons. The standard InChI is InChI=1S/C19H23FN2O3S/c1-14(16-7-9-17(20)10-8-16)21-19(23)13-6-15-4-11-18(12-5-15)26(24,25)22(2)3/h4-5,7-12,14H,6,13H2,1-3H3,(H,21,23). The van der Waals surface area contributed by atoms with Crippen molar-refractivity contribution in [2.45, 2.75) is 30.7 Å². The van der Waals surface area contributed by atoms with Gasteiger partial charge in [0.05, 0.1) is 10.9 Å². The van der Waals surface area contributed by atoms with Gasteiger partial charge in [0.25, 0.3) is 0 Å². The highest BCUT2D eigenvalue weighted by atomic mass is 32.2. The van der Waals surface area contributed by atoms with E-state index in [4.69, 9.17) is 0 Å². The molecular formula is C19H23FN2O3S. The minimum Gasteiger partial charge on any atom is -0.350 e. The molecule has 2 rings (SSSR count). The number of benzene rings is 2. The van der Waals surface area contributed by atoms with Gasteiger partial charge in [-0.05, 0) is 48.7 Å². The molecule has 2 aromatic carbocycles. The molecular weight excluding hydrogens is 355 g/mol. The number of aryl methyl sites for hydroxylation is 1. The molecule has 1 N–H and O–H groups in total. The van der Waals surface area contributed by atoms with E-state index in [1.807, 2.05) is 6.92 Å². The summed E-state index contributed by atoms with van der Waals surface area (Å²) < 4.78 is 38.1. The van der Waals surface area contributed by atoms with E-state index in [-0.39, 0.29) is 29.1 Å². The molecule has 0 aliphatic carbocycles. The van der Waals surface area contributed by atoms with E-state index in [1.165, 1.54) is 26.2 Å². The van der Waals surface area contributed by atoms with Gasteiger partial charge in [0.1, 0.15) is 5.82 Å². The number of carbonyl (C=O) groups excluding carboxylic acids is 1. The lowest BCUT2D eigenvalue weighted by atomic mass is 10.1. The third-order valence-electron chi connectivity index (χ3n) is 4.09. The number of halogens is 1. The summed E-state index contributed by atoms with van der Waals surface area (Å²) >= 11 is 0. The van der Waals surface area contributed by atoms with E-state index >= 15 is 0 Å². The molecule has 2 aromatic rings. The van der Waals surface area contributed by atoms with Crippen LogP contribution in [0.5, 0.6) is 0 Å². The quantitative estimate of drug-likeness (QED) is 0.806. The zero-order valence-electron chi connectivity index (χ0n) is 15.1. The van der Waals surface area contributed by atoms with Crippen molar-refractivity contribution in [1.29, 1.82) is 0 Å². The lowest BCUT2D eigenvalue weighted by molar-refractivity contribution is -0.121. The maximum atomic E-state index is 12.9. The molecule has 0 fully saturated rings. The first kappa shape index (κ1) is 20.1. The van der Waals surface area contributed by atoms with Gasteiger partial charge in [-0.15, -0.1) is 0 Å². The number of sulfonamides is 1. The first-order valence-electron chi connectivity index (χ1n) is 8.26. The van der Waals surface area contributed by atoms with Crippen LogP contribution in [0.4, 0.5) is 4.39 Å². The van der Waals surface area contributed by atoms with Gasteiger partial charge in [0, 0.05) is 20.5 Å². The van der Waals surface area contributed by atoms with Crippen LogP contribution in [0.1, 0.15) is 30.5 Å². The van der Waals surface area contributed by atoms with Gasteiger partial charge in [-0.25, -0.2) is 17.1 Å². The third kappa shape index (κ3) is 5.12. The fraction of sp³-hybridized carbons (Fsp3) is 0.316. The fourth-order valence-electron chi connectivity index (χ4n) is 2.45. The number of hydrogen-bond acceptors (Lipinski definition) is 3. The van der Waals surface area contributed by atoms with Crippen LogP contribution >= 0.6 is 0 Å². The van der Waals surface area contributed by atoms with E-state index in [0.29, 0.717) is 6.42 Å².